The molecular weight excluding hydrogens is 350 g/mol. The van der Waals surface area contributed by atoms with Gasteiger partial charge in [0.1, 0.15) is 12.0 Å². The van der Waals surface area contributed by atoms with Crippen molar-refractivity contribution < 1.29 is 4.79 Å². The van der Waals surface area contributed by atoms with Crippen LogP contribution < -0.4 is 11.2 Å². The third-order valence-corrected chi connectivity index (χ3v) is 4.58. The highest BCUT2D eigenvalue weighted by Gasteiger charge is 2.05. The summed E-state index contributed by atoms with van der Waals surface area (Å²) in [7, 11) is 0. The monoisotopic (exact) mass is 365 g/mol. The van der Waals surface area contributed by atoms with Crippen molar-refractivity contribution in [1.29, 1.82) is 0 Å². The van der Waals surface area contributed by atoms with Crippen LogP contribution in [0.3, 0.4) is 0 Å². The van der Waals surface area contributed by atoms with Gasteiger partial charge in [0.05, 0.1) is 0 Å². The third-order valence-electron chi connectivity index (χ3n) is 2.99. The van der Waals surface area contributed by atoms with Gasteiger partial charge in [0.2, 0.25) is 5.91 Å². The van der Waals surface area contributed by atoms with E-state index in [0.29, 0.717) is 5.49 Å². The standard InChI is InChI=1S/C15H16BrN3OS/c1-10-3-5-12(6-4-10)21-18-15-8-7-13(16)11(2)19(15)9-14(17)20/h3-8H,9H2,1-2H3,(H2,17,20). The Bertz CT molecular complexity index is 723. The molecule has 0 bridgehead atoms. The molecule has 0 aliphatic heterocycles. The van der Waals surface area contributed by atoms with Crippen LogP contribution in [0.25, 0.3) is 0 Å². The molecule has 0 saturated heterocycles. The van der Waals surface area contributed by atoms with E-state index in [-0.39, 0.29) is 6.54 Å². The molecule has 110 valence electrons. The maximum Gasteiger partial charge on any atom is 0.237 e. The molecule has 2 rings (SSSR count). The Kier molecular flexibility index (Phi) is 5.25. The number of hydrogen-bond acceptors (Lipinski definition) is 3. The van der Waals surface area contributed by atoms with E-state index >= 15 is 0 Å². The van der Waals surface area contributed by atoms with E-state index in [4.69, 9.17) is 5.73 Å². The van der Waals surface area contributed by atoms with E-state index in [0.717, 1.165) is 15.1 Å². The molecule has 1 aromatic carbocycles. The maximum atomic E-state index is 11.2. The lowest BCUT2D eigenvalue weighted by Crippen LogP contribution is -2.29. The molecule has 0 aliphatic carbocycles. The van der Waals surface area contributed by atoms with Gasteiger partial charge in [0.25, 0.3) is 0 Å². The number of rotatable bonds is 4. The summed E-state index contributed by atoms with van der Waals surface area (Å²) in [5.74, 6) is -0.391. The highest BCUT2D eigenvalue weighted by Crippen LogP contribution is 2.19. The van der Waals surface area contributed by atoms with Gasteiger partial charge in [-0.15, -0.1) is 0 Å². The second-order valence-corrected chi connectivity index (χ2v) is 6.36. The van der Waals surface area contributed by atoms with Crippen LogP contribution in [0.2, 0.25) is 0 Å². The molecule has 0 atom stereocenters. The Morgan fingerprint density at radius 1 is 1.24 bits per heavy atom. The van der Waals surface area contributed by atoms with Crippen molar-refractivity contribution in [2.75, 3.05) is 0 Å². The van der Waals surface area contributed by atoms with Crippen LogP contribution in [0.4, 0.5) is 0 Å². The fraction of sp³-hybridized carbons (Fsp3) is 0.200. The van der Waals surface area contributed by atoms with Gasteiger partial charge in [0.15, 0.2) is 0 Å². The molecule has 4 nitrogen and oxygen atoms in total. The zero-order valence-electron chi connectivity index (χ0n) is 11.8. The van der Waals surface area contributed by atoms with Crippen LogP contribution in [0.5, 0.6) is 0 Å². The van der Waals surface area contributed by atoms with E-state index in [9.17, 15) is 4.79 Å². The highest BCUT2D eigenvalue weighted by molar-refractivity contribution is 9.10. The summed E-state index contributed by atoms with van der Waals surface area (Å²) >= 11 is 4.83. The Labute approximate surface area is 136 Å². The smallest absolute Gasteiger partial charge is 0.237 e. The second-order valence-electron chi connectivity index (χ2n) is 4.67. The Morgan fingerprint density at radius 2 is 1.90 bits per heavy atom. The minimum atomic E-state index is -0.391. The van der Waals surface area contributed by atoms with Crippen LogP contribution in [0.15, 0.2) is 50.2 Å². The highest BCUT2D eigenvalue weighted by atomic mass is 79.9. The van der Waals surface area contributed by atoms with E-state index < -0.39 is 5.91 Å². The lowest BCUT2D eigenvalue weighted by atomic mass is 10.2. The lowest BCUT2D eigenvalue weighted by molar-refractivity contribution is -0.118. The Morgan fingerprint density at radius 3 is 2.52 bits per heavy atom. The number of carbonyl (C=O) groups excluding carboxylic acids is 1. The molecule has 0 unspecified atom stereocenters. The molecule has 2 aromatic rings. The van der Waals surface area contributed by atoms with Crippen LogP contribution in [-0.4, -0.2) is 10.5 Å². The van der Waals surface area contributed by atoms with Gasteiger partial charge < -0.3 is 10.3 Å². The van der Waals surface area contributed by atoms with Crippen molar-refractivity contribution in [3.05, 3.63) is 57.6 Å². The second kappa shape index (κ2) is 6.95. The number of halogens is 1. The minimum absolute atomic E-state index is 0.110. The van der Waals surface area contributed by atoms with Gasteiger partial charge in [-0.1, -0.05) is 17.7 Å². The number of aryl methyl sites for hydroxylation is 1. The van der Waals surface area contributed by atoms with E-state index in [1.165, 1.54) is 17.5 Å². The number of carbonyl (C=O) groups is 1. The summed E-state index contributed by atoms with van der Waals surface area (Å²) in [6.07, 6.45) is 0. The Balaban J connectivity index is 2.38. The average molecular weight is 366 g/mol. The van der Waals surface area contributed by atoms with Gasteiger partial charge in [-0.2, -0.15) is 4.40 Å². The van der Waals surface area contributed by atoms with Crippen LogP contribution >= 0.6 is 27.9 Å². The van der Waals surface area contributed by atoms with Crippen molar-refractivity contribution >= 4 is 33.8 Å². The summed E-state index contributed by atoms with van der Waals surface area (Å²) in [5, 5.41) is 0. The van der Waals surface area contributed by atoms with Crippen molar-refractivity contribution in [3.8, 4) is 0 Å². The largest absolute Gasteiger partial charge is 0.368 e. The summed E-state index contributed by atoms with van der Waals surface area (Å²) < 4.78 is 7.23. The number of benzene rings is 1. The first-order valence-electron chi connectivity index (χ1n) is 6.39. The number of aromatic nitrogens is 1. The fourth-order valence-electron chi connectivity index (χ4n) is 1.79. The molecule has 0 spiro atoms. The van der Waals surface area contributed by atoms with Crippen molar-refractivity contribution in [2.24, 2.45) is 10.1 Å². The predicted molar refractivity (Wildman–Crippen MR) is 88.7 cm³/mol. The molecule has 1 heterocycles. The van der Waals surface area contributed by atoms with E-state index in [2.05, 4.69) is 20.3 Å². The fourth-order valence-corrected chi connectivity index (χ4v) is 2.76. The zero-order valence-corrected chi connectivity index (χ0v) is 14.2. The number of primary amides is 1. The molecule has 1 amide bonds. The molecule has 0 saturated carbocycles. The number of nitrogens with two attached hydrogens (primary N) is 1. The van der Waals surface area contributed by atoms with Crippen LogP contribution in [-0.2, 0) is 11.3 Å². The van der Waals surface area contributed by atoms with Crippen LogP contribution in [0, 0.1) is 13.8 Å². The van der Waals surface area contributed by atoms with Gasteiger partial charge in [0, 0.05) is 27.0 Å². The summed E-state index contributed by atoms with van der Waals surface area (Å²) in [6, 6.07) is 11.9. The van der Waals surface area contributed by atoms with Gasteiger partial charge in [-0.3, -0.25) is 4.79 Å². The van der Waals surface area contributed by atoms with Crippen LogP contribution in [0.1, 0.15) is 11.3 Å². The number of pyridine rings is 1. The molecule has 1 aromatic heterocycles. The zero-order chi connectivity index (χ0) is 15.4. The topological polar surface area (TPSA) is 60.4 Å². The average Bonchev–Trinajstić information content (AvgIpc) is 2.44. The van der Waals surface area contributed by atoms with E-state index in [1.54, 1.807) is 4.57 Å². The van der Waals surface area contributed by atoms with Crippen molar-refractivity contribution in [2.45, 2.75) is 25.3 Å². The molecule has 0 fully saturated rings. The van der Waals surface area contributed by atoms with E-state index in [1.807, 2.05) is 50.2 Å². The minimum Gasteiger partial charge on any atom is -0.368 e. The SMILES string of the molecule is Cc1ccc(SN=c2ccc(Br)c(C)n2CC(N)=O)cc1. The summed E-state index contributed by atoms with van der Waals surface area (Å²) in [5.41, 5.74) is 8.15. The maximum absolute atomic E-state index is 11.2. The molecule has 2 N–H and O–H groups in total. The predicted octanol–water partition coefficient (Wildman–Crippen LogP) is 2.96. The Hall–Kier alpha value is -1.53. The van der Waals surface area contributed by atoms with Crippen molar-refractivity contribution in [1.82, 2.24) is 4.57 Å². The molecule has 21 heavy (non-hydrogen) atoms. The third kappa shape index (κ3) is 4.22. The quantitative estimate of drug-likeness (QED) is 0.846. The number of nitrogens with zero attached hydrogens (tertiary/aromatic N) is 2. The number of amides is 1. The summed E-state index contributed by atoms with van der Waals surface area (Å²) in [6.45, 7) is 4.08. The lowest BCUT2D eigenvalue weighted by Gasteiger charge is -2.11. The summed E-state index contributed by atoms with van der Waals surface area (Å²) in [4.78, 5) is 12.3. The normalized spacial score (nSPS) is 11.7. The first-order valence-corrected chi connectivity index (χ1v) is 7.96. The molecule has 6 heteroatoms. The number of hydrogen-bond donors (Lipinski definition) is 1. The van der Waals surface area contributed by atoms with Gasteiger partial charge in [-0.05, 0) is 54.0 Å². The molecular formula is C15H16BrN3OS. The van der Waals surface area contributed by atoms with Crippen molar-refractivity contribution in [3.63, 3.8) is 0 Å². The van der Waals surface area contributed by atoms with Gasteiger partial charge >= 0.3 is 0 Å². The van der Waals surface area contributed by atoms with Gasteiger partial charge in [-0.25, -0.2) is 0 Å². The molecule has 0 aliphatic rings. The molecule has 0 radical (unpaired) electrons. The first-order chi connectivity index (χ1) is 9.97. The first kappa shape index (κ1) is 15.9.